The Morgan fingerprint density at radius 3 is 2.65 bits per heavy atom. The van der Waals surface area contributed by atoms with Gasteiger partial charge in [-0.3, -0.25) is 9.59 Å². The van der Waals surface area contributed by atoms with Gasteiger partial charge in [-0.1, -0.05) is 36.9 Å². The van der Waals surface area contributed by atoms with Crippen molar-refractivity contribution in [2.24, 2.45) is 0 Å². The van der Waals surface area contributed by atoms with Crippen LogP contribution in [0.3, 0.4) is 0 Å². The quantitative estimate of drug-likeness (QED) is 0.628. The van der Waals surface area contributed by atoms with Crippen molar-refractivity contribution in [3.05, 3.63) is 65.5 Å². The van der Waals surface area contributed by atoms with Gasteiger partial charge in [-0.05, 0) is 31.0 Å². The predicted molar refractivity (Wildman–Crippen MR) is 88.4 cm³/mol. The van der Waals surface area contributed by atoms with E-state index in [-0.39, 0.29) is 17.7 Å². The van der Waals surface area contributed by atoms with Crippen LogP contribution >= 0.6 is 0 Å². The van der Waals surface area contributed by atoms with E-state index in [2.05, 4.69) is 6.58 Å². The Labute approximate surface area is 135 Å². The summed E-state index contributed by atoms with van der Waals surface area (Å²) in [5.74, 6) is -0.505. The van der Waals surface area contributed by atoms with Crippen LogP contribution in [0.1, 0.15) is 46.6 Å². The Balaban J connectivity index is 1.88. The normalized spacial score (nSPS) is 16.0. The van der Waals surface area contributed by atoms with Crippen LogP contribution in [0.4, 0.5) is 0 Å². The Morgan fingerprint density at radius 2 is 2.00 bits per heavy atom. The molecule has 4 heteroatoms. The molecule has 1 aromatic carbocycles. The topological polar surface area (TPSA) is 48.3 Å². The number of nitrogens with zero attached hydrogens (tertiary/aromatic N) is 1. The first-order valence-electron chi connectivity index (χ1n) is 7.79. The summed E-state index contributed by atoms with van der Waals surface area (Å²) in [6.45, 7) is 6.55. The van der Waals surface area contributed by atoms with Gasteiger partial charge in [0.1, 0.15) is 0 Å². The van der Waals surface area contributed by atoms with Crippen LogP contribution in [0.2, 0.25) is 0 Å². The van der Waals surface area contributed by atoms with Gasteiger partial charge in [0.15, 0.2) is 0 Å². The van der Waals surface area contributed by atoms with Gasteiger partial charge in [0, 0.05) is 17.8 Å². The van der Waals surface area contributed by atoms with E-state index in [9.17, 15) is 9.59 Å². The fraction of sp³-hybridized carbons (Fsp3) is 0.263. The number of fused-ring (bicyclic) bond motifs is 1. The van der Waals surface area contributed by atoms with Gasteiger partial charge >= 0.3 is 5.97 Å². The highest BCUT2D eigenvalue weighted by atomic mass is 16.5. The van der Waals surface area contributed by atoms with Crippen molar-refractivity contribution in [3.8, 4) is 0 Å². The van der Waals surface area contributed by atoms with Gasteiger partial charge in [-0.15, -0.1) is 0 Å². The van der Waals surface area contributed by atoms with Crippen LogP contribution < -0.4 is 0 Å². The average Bonchev–Trinajstić information content (AvgIpc) is 3.16. The maximum absolute atomic E-state index is 12.7. The standard InChI is InChI=1S/C19H19NO3/c1-3-13-5-7-14(8-6-13)18(21)17-10-9-16-15(11-12-20(16)17)19(22)23-4-2/h3,5-10,15H,1,4,11-12H2,2H3. The van der Waals surface area contributed by atoms with Crippen molar-refractivity contribution in [2.45, 2.75) is 25.8 Å². The van der Waals surface area contributed by atoms with E-state index in [1.807, 2.05) is 22.8 Å². The lowest BCUT2D eigenvalue weighted by molar-refractivity contribution is -0.144. The Kier molecular flexibility index (Phi) is 4.15. The lowest BCUT2D eigenvalue weighted by Crippen LogP contribution is -2.13. The Bertz CT molecular complexity index is 755. The zero-order valence-corrected chi connectivity index (χ0v) is 13.1. The van der Waals surface area contributed by atoms with E-state index in [1.165, 1.54) is 0 Å². The summed E-state index contributed by atoms with van der Waals surface area (Å²) >= 11 is 0. The Hall–Kier alpha value is -2.62. The first-order chi connectivity index (χ1) is 11.2. The minimum atomic E-state index is -0.264. The fourth-order valence-electron chi connectivity index (χ4n) is 3.04. The maximum atomic E-state index is 12.7. The third-order valence-corrected chi connectivity index (χ3v) is 4.23. The van der Waals surface area contributed by atoms with E-state index < -0.39 is 0 Å². The highest BCUT2D eigenvalue weighted by Crippen LogP contribution is 2.32. The molecular weight excluding hydrogens is 290 g/mol. The molecule has 0 aliphatic carbocycles. The van der Waals surface area contributed by atoms with Gasteiger partial charge in [-0.25, -0.2) is 0 Å². The molecule has 0 amide bonds. The molecular formula is C19H19NO3. The molecule has 118 valence electrons. The van der Waals surface area contributed by atoms with Crippen molar-refractivity contribution in [3.63, 3.8) is 0 Å². The number of hydrogen-bond donors (Lipinski definition) is 0. The monoisotopic (exact) mass is 309 g/mol. The second kappa shape index (κ2) is 6.24. The molecule has 0 saturated heterocycles. The minimum absolute atomic E-state index is 0.0311. The third kappa shape index (κ3) is 2.72. The molecule has 1 unspecified atom stereocenters. The lowest BCUT2D eigenvalue weighted by Gasteiger charge is -2.08. The third-order valence-electron chi connectivity index (χ3n) is 4.23. The number of ketones is 1. The number of rotatable bonds is 5. The molecule has 1 aliphatic rings. The fourth-order valence-corrected chi connectivity index (χ4v) is 3.04. The zero-order valence-electron chi connectivity index (χ0n) is 13.1. The Morgan fingerprint density at radius 1 is 1.26 bits per heavy atom. The largest absolute Gasteiger partial charge is 0.465 e. The summed E-state index contributed by atoms with van der Waals surface area (Å²) in [6.07, 6.45) is 2.43. The van der Waals surface area contributed by atoms with Crippen molar-refractivity contribution in [1.29, 1.82) is 0 Å². The highest BCUT2D eigenvalue weighted by Gasteiger charge is 2.32. The molecule has 3 rings (SSSR count). The molecule has 0 N–H and O–H groups in total. The van der Waals surface area contributed by atoms with Crippen molar-refractivity contribution in [2.75, 3.05) is 6.61 Å². The molecule has 0 radical (unpaired) electrons. The number of hydrogen-bond acceptors (Lipinski definition) is 3. The molecule has 0 bridgehead atoms. The van der Waals surface area contributed by atoms with Crippen molar-refractivity contribution in [1.82, 2.24) is 4.57 Å². The molecule has 0 fully saturated rings. The van der Waals surface area contributed by atoms with Gasteiger partial charge in [-0.2, -0.15) is 0 Å². The number of benzene rings is 1. The molecule has 2 heterocycles. The minimum Gasteiger partial charge on any atom is -0.465 e. The van der Waals surface area contributed by atoms with Gasteiger partial charge in [0.2, 0.25) is 5.78 Å². The average molecular weight is 309 g/mol. The molecule has 1 atom stereocenters. The molecule has 23 heavy (non-hydrogen) atoms. The molecule has 2 aromatic rings. The summed E-state index contributed by atoms with van der Waals surface area (Å²) in [4.78, 5) is 24.7. The van der Waals surface area contributed by atoms with E-state index in [0.29, 0.717) is 30.8 Å². The van der Waals surface area contributed by atoms with Gasteiger partial charge < -0.3 is 9.30 Å². The number of carbonyl (C=O) groups excluding carboxylic acids is 2. The van der Waals surface area contributed by atoms with Crippen LogP contribution in [0, 0.1) is 0 Å². The van der Waals surface area contributed by atoms with Crippen LogP contribution in [0.5, 0.6) is 0 Å². The number of aromatic nitrogens is 1. The molecule has 1 aromatic heterocycles. The van der Waals surface area contributed by atoms with Crippen LogP contribution in [-0.2, 0) is 16.1 Å². The van der Waals surface area contributed by atoms with Crippen LogP contribution in [-0.4, -0.2) is 22.9 Å². The summed E-state index contributed by atoms with van der Waals surface area (Å²) in [7, 11) is 0. The second-order valence-corrected chi connectivity index (χ2v) is 5.54. The summed E-state index contributed by atoms with van der Waals surface area (Å²) < 4.78 is 7.05. The lowest BCUT2D eigenvalue weighted by atomic mass is 10.0. The summed E-state index contributed by atoms with van der Waals surface area (Å²) in [5.41, 5.74) is 3.10. The number of esters is 1. The van der Waals surface area contributed by atoms with Crippen molar-refractivity contribution < 1.29 is 14.3 Å². The van der Waals surface area contributed by atoms with E-state index in [0.717, 1.165) is 11.3 Å². The second-order valence-electron chi connectivity index (χ2n) is 5.54. The predicted octanol–water partition coefficient (Wildman–Crippen LogP) is 3.41. The first-order valence-corrected chi connectivity index (χ1v) is 7.79. The summed E-state index contributed by atoms with van der Waals surface area (Å²) in [5, 5.41) is 0. The van der Waals surface area contributed by atoms with Gasteiger partial charge in [0.05, 0.1) is 18.2 Å². The SMILES string of the molecule is C=Cc1ccc(C(=O)c2ccc3n2CCC3C(=O)OCC)cc1. The first kappa shape index (κ1) is 15.3. The van der Waals surface area contributed by atoms with Crippen LogP contribution in [0.25, 0.3) is 6.08 Å². The smallest absolute Gasteiger partial charge is 0.315 e. The van der Waals surface area contributed by atoms with E-state index in [1.54, 1.807) is 31.2 Å². The van der Waals surface area contributed by atoms with Crippen LogP contribution in [0.15, 0.2) is 43.0 Å². The molecule has 4 nitrogen and oxygen atoms in total. The van der Waals surface area contributed by atoms with Gasteiger partial charge in [0.25, 0.3) is 0 Å². The number of ether oxygens (including phenoxy) is 1. The van der Waals surface area contributed by atoms with E-state index >= 15 is 0 Å². The zero-order chi connectivity index (χ0) is 16.4. The number of carbonyl (C=O) groups is 2. The van der Waals surface area contributed by atoms with E-state index in [4.69, 9.17) is 4.74 Å². The molecule has 0 saturated carbocycles. The summed E-state index contributed by atoms with van der Waals surface area (Å²) in [6, 6.07) is 11.0. The highest BCUT2D eigenvalue weighted by molar-refractivity contribution is 6.08. The molecule has 1 aliphatic heterocycles. The molecule has 0 spiro atoms. The maximum Gasteiger partial charge on any atom is 0.315 e. The van der Waals surface area contributed by atoms with Crippen molar-refractivity contribution >= 4 is 17.8 Å².